The van der Waals surface area contributed by atoms with E-state index in [1.807, 2.05) is 17.5 Å². The van der Waals surface area contributed by atoms with Crippen LogP contribution in [0.2, 0.25) is 0 Å². The number of benzene rings is 1. The highest BCUT2D eigenvalue weighted by Crippen LogP contribution is 2.52. The molecule has 0 saturated heterocycles. The van der Waals surface area contributed by atoms with Crippen LogP contribution in [0.1, 0.15) is 31.7 Å². The molecule has 2 fully saturated rings. The van der Waals surface area contributed by atoms with Gasteiger partial charge in [-0.1, -0.05) is 31.2 Å². The molecule has 2 aliphatic carbocycles. The Bertz CT molecular complexity index is 830. The molecule has 136 valence electrons. The minimum Gasteiger partial charge on any atom is -0.481 e. The number of aliphatic carboxylic acids is 1. The zero-order chi connectivity index (χ0) is 18.3. The van der Waals surface area contributed by atoms with Gasteiger partial charge < -0.3 is 10.4 Å². The van der Waals surface area contributed by atoms with E-state index in [0.29, 0.717) is 5.13 Å². The van der Waals surface area contributed by atoms with Crippen molar-refractivity contribution in [2.45, 2.75) is 32.6 Å². The Kier molecular flexibility index (Phi) is 4.53. The van der Waals surface area contributed by atoms with Crippen LogP contribution in [-0.2, 0) is 16.0 Å². The molecule has 2 saturated carbocycles. The maximum atomic E-state index is 12.7. The highest BCUT2D eigenvalue weighted by Gasteiger charge is 2.54. The van der Waals surface area contributed by atoms with Crippen molar-refractivity contribution >= 4 is 28.3 Å². The van der Waals surface area contributed by atoms with Crippen LogP contribution in [0.5, 0.6) is 0 Å². The SMILES string of the molecule is CCc1ccc(-c2csc(NC(=O)[C@@H]3[C@H]4CC[C@@H](C4)[C@H]3C(=O)O)n2)cc1. The summed E-state index contributed by atoms with van der Waals surface area (Å²) in [6, 6.07) is 8.24. The van der Waals surface area contributed by atoms with Gasteiger partial charge in [0.2, 0.25) is 5.91 Å². The first-order valence-electron chi connectivity index (χ1n) is 9.15. The lowest BCUT2D eigenvalue weighted by Gasteiger charge is -2.26. The van der Waals surface area contributed by atoms with Crippen LogP contribution in [-0.4, -0.2) is 22.0 Å². The Hall–Kier alpha value is -2.21. The predicted octanol–water partition coefficient (Wildman–Crippen LogP) is 4.06. The van der Waals surface area contributed by atoms with Gasteiger partial charge in [0.1, 0.15) is 0 Å². The van der Waals surface area contributed by atoms with Crippen molar-refractivity contribution in [3.8, 4) is 11.3 Å². The van der Waals surface area contributed by atoms with Crippen molar-refractivity contribution in [2.24, 2.45) is 23.7 Å². The van der Waals surface area contributed by atoms with Crippen molar-refractivity contribution in [3.63, 3.8) is 0 Å². The molecule has 2 bridgehead atoms. The van der Waals surface area contributed by atoms with Crippen LogP contribution in [0, 0.1) is 23.7 Å². The average Bonchev–Trinajstić information content (AvgIpc) is 3.37. The highest BCUT2D eigenvalue weighted by molar-refractivity contribution is 7.14. The maximum Gasteiger partial charge on any atom is 0.307 e. The van der Waals surface area contributed by atoms with E-state index in [1.54, 1.807) is 0 Å². The van der Waals surface area contributed by atoms with Crippen LogP contribution in [0.15, 0.2) is 29.6 Å². The van der Waals surface area contributed by atoms with Gasteiger partial charge in [-0.05, 0) is 43.1 Å². The molecular formula is C20H22N2O3S. The summed E-state index contributed by atoms with van der Waals surface area (Å²) in [4.78, 5) is 28.9. The van der Waals surface area contributed by atoms with E-state index in [1.165, 1.54) is 16.9 Å². The topological polar surface area (TPSA) is 79.3 Å². The van der Waals surface area contributed by atoms with E-state index in [0.717, 1.165) is 36.9 Å². The molecule has 1 amide bonds. The summed E-state index contributed by atoms with van der Waals surface area (Å²) in [5, 5.41) is 14.9. The van der Waals surface area contributed by atoms with E-state index in [2.05, 4.69) is 29.4 Å². The summed E-state index contributed by atoms with van der Waals surface area (Å²) in [5.41, 5.74) is 3.12. The van der Waals surface area contributed by atoms with Crippen LogP contribution in [0.25, 0.3) is 11.3 Å². The fraction of sp³-hybridized carbons (Fsp3) is 0.450. The quantitative estimate of drug-likeness (QED) is 0.832. The van der Waals surface area contributed by atoms with Gasteiger partial charge in [0.25, 0.3) is 0 Å². The fourth-order valence-corrected chi connectivity index (χ4v) is 5.31. The maximum absolute atomic E-state index is 12.7. The van der Waals surface area contributed by atoms with Crippen molar-refractivity contribution in [3.05, 3.63) is 35.2 Å². The lowest BCUT2D eigenvalue weighted by molar-refractivity contribution is -0.148. The molecule has 5 nitrogen and oxygen atoms in total. The summed E-state index contributed by atoms with van der Waals surface area (Å²) in [6.07, 6.45) is 3.74. The van der Waals surface area contributed by atoms with E-state index in [4.69, 9.17) is 0 Å². The number of anilines is 1. The number of nitrogens with one attached hydrogen (secondary N) is 1. The second kappa shape index (κ2) is 6.83. The molecule has 0 spiro atoms. The molecule has 1 heterocycles. The second-order valence-corrected chi connectivity index (χ2v) is 8.16. The molecule has 1 aromatic heterocycles. The van der Waals surface area contributed by atoms with Crippen LogP contribution >= 0.6 is 11.3 Å². The van der Waals surface area contributed by atoms with E-state index < -0.39 is 17.8 Å². The highest BCUT2D eigenvalue weighted by atomic mass is 32.1. The summed E-state index contributed by atoms with van der Waals surface area (Å²) < 4.78 is 0. The minimum atomic E-state index is -0.840. The first-order chi connectivity index (χ1) is 12.6. The van der Waals surface area contributed by atoms with Crippen LogP contribution in [0.4, 0.5) is 5.13 Å². The number of aryl methyl sites for hydroxylation is 1. The van der Waals surface area contributed by atoms with E-state index in [-0.39, 0.29) is 17.7 Å². The number of carboxylic acids is 1. The number of carbonyl (C=O) groups is 2. The lowest BCUT2D eigenvalue weighted by Crippen LogP contribution is -2.37. The van der Waals surface area contributed by atoms with Crippen molar-refractivity contribution in [1.82, 2.24) is 4.98 Å². The Morgan fingerprint density at radius 3 is 2.54 bits per heavy atom. The summed E-state index contributed by atoms with van der Waals surface area (Å²) >= 11 is 1.38. The molecule has 0 unspecified atom stereocenters. The molecule has 2 aromatic rings. The first-order valence-corrected chi connectivity index (χ1v) is 10.0. The normalized spacial score (nSPS) is 26.8. The molecule has 1 aromatic carbocycles. The van der Waals surface area contributed by atoms with Gasteiger partial charge in [0, 0.05) is 10.9 Å². The number of carboxylic acid groups (broad SMARTS) is 1. The molecular weight excluding hydrogens is 348 g/mol. The molecule has 2 N–H and O–H groups in total. The molecule has 4 atom stereocenters. The van der Waals surface area contributed by atoms with Gasteiger partial charge in [0.05, 0.1) is 17.5 Å². The standard InChI is InChI=1S/C20H22N2O3S/c1-2-11-3-5-12(6-4-11)15-10-26-20(21-15)22-18(23)16-13-7-8-14(9-13)17(16)19(24)25/h3-6,10,13-14,16-17H,2,7-9H2,1H3,(H,24,25)(H,21,22,23)/t13-,14-,16+,17+/m0/s1. The molecule has 26 heavy (non-hydrogen) atoms. The van der Waals surface area contributed by atoms with Gasteiger partial charge >= 0.3 is 5.97 Å². The molecule has 6 heteroatoms. The van der Waals surface area contributed by atoms with Gasteiger partial charge in [0.15, 0.2) is 5.13 Å². The largest absolute Gasteiger partial charge is 0.481 e. The second-order valence-electron chi connectivity index (χ2n) is 7.30. The van der Waals surface area contributed by atoms with Crippen LogP contribution in [0.3, 0.4) is 0 Å². The summed E-state index contributed by atoms with van der Waals surface area (Å²) in [6.45, 7) is 2.12. The zero-order valence-corrected chi connectivity index (χ0v) is 15.5. The van der Waals surface area contributed by atoms with Crippen molar-refractivity contribution in [1.29, 1.82) is 0 Å². The zero-order valence-electron chi connectivity index (χ0n) is 14.6. The van der Waals surface area contributed by atoms with Gasteiger partial charge in [-0.3, -0.25) is 9.59 Å². The summed E-state index contributed by atoms with van der Waals surface area (Å²) in [5.74, 6) is -1.66. The van der Waals surface area contributed by atoms with Crippen LogP contribution < -0.4 is 5.32 Å². The lowest BCUT2D eigenvalue weighted by atomic mass is 9.79. The van der Waals surface area contributed by atoms with Gasteiger partial charge in [-0.15, -0.1) is 11.3 Å². The third-order valence-electron chi connectivity index (χ3n) is 5.90. The molecule has 0 radical (unpaired) electrons. The van der Waals surface area contributed by atoms with Crippen molar-refractivity contribution in [2.75, 3.05) is 5.32 Å². The number of thiazole rings is 1. The molecule has 2 aliphatic rings. The number of rotatable bonds is 5. The number of hydrogen-bond acceptors (Lipinski definition) is 4. The Balaban J connectivity index is 1.48. The van der Waals surface area contributed by atoms with E-state index >= 15 is 0 Å². The fourth-order valence-electron chi connectivity index (χ4n) is 4.59. The monoisotopic (exact) mass is 370 g/mol. The number of aromatic nitrogens is 1. The summed E-state index contributed by atoms with van der Waals surface area (Å²) in [7, 11) is 0. The Morgan fingerprint density at radius 1 is 1.19 bits per heavy atom. The molecule has 0 aliphatic heterocycles. The number of amides is 1. The van der Waals surface area contributed by atoms with E-state index in [9.17, 15) is 14.7 Å². The van der Waals surface area contributed by atoms with Gasteiger partial charge in [-0.2, -0.15) is 0 Å². The number of fused-ring (bicyclic) bond motifs is 2. The Labute approximate surface area is 156 Å². The molecule has 4 rings (SSSR count). The third-order valence-corrected chi connectivity index (χ3v) is 6.65. The average molecular weight is 370 g/mol. The first kappa shape index (κ1) is 17.2. The number of carbonyl (C=O) groups excluding carboxylic acids is 1. The predicted molar refractivity (Wildman–Crippen MR) is 101 cm³/mol. The third kappa shape index (κ3) is 3.03. The smallest absolute Gasteiger partial charge is 0.307 e. The number of hydrogen-bond donors (Lipinski definition) is 2. The minimum absolute atomic E-state index is 0.150. The van der Waals surface area contributed by atoms with Gasteiger partial charge in [-0.25, -0.2) is 4.98 Å². The van der Waals surface area contributed by atoms with Crippen molar-refractivity contribution < 1.29 is 14.7 Å². The number of nitrogens with zero attached hydrogens (tertiary/aromatic N) is 1. The Morgan fingerprint density at radius 2 is 1.88 bits per heavy atom.